The molecule has 0 N–H and O–H groups in total. The van der Waals surface area contributed by atoms with Gasteiger partial charge in [-0.05, 0) is 59.4 Å². The quantitative estimate of drug-likeness (QED) is 0.499. The molecule has 0 amide bonds. The summed E-state index contributed by atoms with van der Waals surface area (Å²) in [5.41, 5.74) is 4.26. The first-order valence-corrected chi connectivity index (χ1v) is 9.59. The predicted octanol–water partition coefficient (Wildman–Crippen LogP) is 6.26. The van der Waals surface area contributed by atoms with Gasteiger partial charge in [-0.3, -0.25) is 4.90 Å². The first-order chi connectivity index (χ1) is 12.7. The highest BCUT2D eigenvalue weighted by Gasteiger charge is 2.24. The van der Waals surface area contributed by atoms with E-state index in [0.717, 1.165) is 31.7 Å². The van der Waals surface area contributed by atoms with Crippen molar-refractivity contribution in [2.24, 2.45) is 0 Å². The normalized spacial score (nSPS) is 14.6. The minimum atomic E-state index is 0. The molecule has 1 aliphatic heterocycles. The lowest BCUT2D eigenvalue weighted by Gasteiger charge is -2.24. The van der Waals surface area contributed by atoms with Crippen molar-refractivity contribution in [1.29, 1.82) is 0 Å². The maximum Gasteiger partial charge on any atom is 0.137 e. The Labute approximate surface area is 172 Å². The van der Waals surface area contributed by atoms with Crippen LogP contribution in [0.1, 0.15) is 30.0 Å². The summed E-state index contributed by atoms with van der Waals surface area (Å²) in [4.78, 5) is 2.59. The maximum atomic E-state index is 6.13. The van der Waals surface area contributed by atoms with Crippen LogP contribution in [0.5, 0.6) is 5.75 Å². The van der Waals surface area contributed by atoms with Crippen LogP contribution in [-0.2, 0) is 19.5 Å². The summed E-state index contributed by atoms with van der Waals surface area (Å²) in [6.45, 7) is 4.42. The van der Waals surface area contributed by atoms with Crippen LogP contribution in [0.25, 0.3) is 10.8 Å². The number of rotatable bonds is 5. The van der Waals surface area contributed by atoms with Gasteiger partial charge < -0.3 is 4.74 Å². The summed E-state index contributed by atoms with van der Waals surface area (Å²) in [6.07, 6.45) is 2.15. The molecule has 0 bridgehead atoms. The van der Waals surface area contributed by atoms with E-state index in [4.69, 9.17) is 16.3 Å². The molecule has 0 fully saturated rings. The second-order valence-electron chi connectivity index (χ2n) is 7.19. The van der Waals surface area contributed by atoms with E-state index >= 15 is 0 Å². The number of halogens is 2. The van der Waals surface area contributed by atoms with Crippen molar-refractivity contribution < 1.29 is 4.74 Å². The summed E-state index contributed by atoms with van der Waals surface area (Å²) >= 11 is 6.13. The van der Waals surface area contributed by atoms with Crippen molar-refractivity contribution in [3.63, 3.8) is 0 Å². The molecule has 0 unspecified atom stereocenters. The Kier molecular flexibility index (Phi) is 6.31. The summed E-state index contributed by atoms with van der Waals surface area (Å²) < 4.78 is 5.33. The number of ether oxygens (including phenoxy) is 1. The Morgan fingerprint density at radius 1 is 1.07 bits per heavy atom. The highest BCUT2D eigenvalue weighted by atomic mass is 35.5. The lowest BCUT2D eigenvalue weighted by molar-refractivity contribution is 0.203. The molecule has 0 spiro atoms. The van der Waals surface area contributed by atoms with E-state index < -0.39 is 0 Å². The minimum absolute atomic E-state index is 0. The Hall–Kier alpha value is -1.74. The molecule has 0 saturated carbocycles. The molecule has 0 saturated heterocycles. The number of nitrogens with zero attached hydrogens (tertiary/aromatic N) is 1. The molecule has 142 valence electrons. The Balaban J connectivity index is 0.00000210. The molecule has 4 heteroatoms. The van der Waals surface area contributed by atoms with Crippen LogP contribution < -0.4 is 4.74 Å². The van der Waals surface area contributed by atoms with Crippen molar-refractivity contribution in [2.45, 2.75) is 38.9 Å². The predicted molar refractivity (Wildman–Crippen MR) is 116 cm³/mol. The van der Waals surface area contributed by atoms with Gasteiger partial charge in [0, 0.05) is 19.1 Å². The molecule has 0 aromatic heterocycles. The Bertz CT molecular complexity index is 941. The molecule has 0 aliphatic carbocycles. The van der Waals surface area contributed by atoms with Gasteiger partial charge in [-0.25, -0.2) is 0 Å². The number of benzene rings is 3. The van der Waals surface area contributed by atoms with E-state index in [1.807, 2.05) is 6.07 Å². The van der Waals surface area contributed by atoms with Gasteiger partial charge >= 0.3 is 0 Å². The minimum Gasteiger partial charge on any atom is -0.495 e. The molecule has 2 nitrogen and oxygen atoms in total. The van der Waals surface area contributed by atoms with Gasteiger partial charge in [0.15, 0.2) is 0 Å². The average molecular weight is 402 g/mol. The number of hydrogen-bond acceptors (Lipinski definition) is 2. The van der Waals surface area contributed by atoms with E-state index in [1.54, 1.807) is 7.11 Å². The zero-order valence-electron chi connectivity index (χ0n) is 15.7. The molecule has 1 atom stereocenters. The van der Waals surface area contributed by atoms with Gasteiger partial charge in [-0.2, -0.15) is 0 Å². The first-order valence-electron chi connectivity index (χ1n) is 9.21. The molecule has 3 aromatic carbocycles. The Morgan fingerprint density at radius 2 is 1.89 bits per heavy atom. The summed E-state index contributed by atoms with van der Waals surface area (Å²) in [6, 6.07) is 19.9. The van der Waals surface area contributed by atoms with Crippen LogP contribution in [0.2, 0.25) is 5.02 Å². The molecule has 1 heterocycles. The third-order valence-corrected chi connectivity index (χ3v) is 5.87. The number of fused-ring (bicyclic) bond motifs is 3. The van der Waals surface area contributed by atoms with E-state index in [2.05, 4.69) is 60.4 Å². The average Bonchev–Trinajstić information content (AvgIpc) is 3.12. The first kappa shape index (κ1) is 20.0. The van der Waals surface area contributed by atoms with Crippen molar-refractivity contribution in [3.05, 3.63) is 76.3 Å². The van der Waals surface area contributed by atoms with Gasteiger partial charge in [0.05, 0.1) is 12.1 Å². The molecule has 4 rings (SSSR count). The van der Waals surface area contributed by atoms with Crippen molar-refractivity contribution in [3.8, 4) is 5.75 Å². The van der Waals surface area contributed by atoms with Crippen molar-refractivity contribution in [2.75, 3.05) is 7.11 Å². The number of hydrogen-bond donors (Lipinski definition) is 0. The van der Waals surface area contributed by atoms with Crippen LogP contribution >= 0.6 is 24.0 Å². The van der Waals surface area contributed by atoms with Gasteiger partial charge in [0.1, 0.15) is 5.75 Å². The molecule has 0 radical (unpaired) electrons. The number of methoxy groups -OCH3 is 1. The van der Waals surface area contributed by atoms with E-state index in [9.17, 15) is 0 Å². The van der Waals surface area contributed by atoms with Crippen LogP contribution in [-0.4, -0.2) is 18.1 Å². The van der Waals surface area contributed by atoms with Gasteiger partial charge in [0.2, 0.25) is 0 Å². The van der Waals surface area contributed by atoms with Crippen molar-refractivity contribution in [1.82, 2.24) is 4.90 Å². The van der Waals surface area contributed by atoms with Crippen LogP contribution in [0.4, 0.5) is 0 Å². The lowest BCUT2D eigenvalue weighted by Crippen LogP contribution is -2.28. The second-order valence-corrected chi connectivity index (χ2v) is 7.59. The fourth-order valence-electron chi connectivity index (χ4n) is 3.92. The monoisotopic (exact) mass is 401 g/mol. The summed E-state index contributed by atoms with van der Waals surface area (Å²) in [5, 5.41) is 3.42. The second kappa shape index (κ2) is 8.52. The SMILES string of the molecule is COc1cc(CC[C@@H](C)N2Cc3ccc4ccccc4c3C2)ccc1Cl.Cl. The molecule has 3 aromatic rings. The topological polar surface area (TPSA) is 12.5 Å². The largest absolute Gasteiger partial charge is 0.495 e. The third-order valence-electron chi connectivity index (χ3n) is 5.56. The van der Waals surface area contributed by atoms with E-state index in [1.165, 1.54) is 27.5 Å². The Morgan fingerprint density at radius 3 is 2.70 bits per heavy atom. The molecular weight excluding hydrogens is 377 g/mol. The van der Waals surface area contributed by atoms with Gasteiger partial charge in [-0.15, -0.1) is 12.4 Å². The third kappa shape index (κ3) is 4.08. The zero-order valence-corrected chi connectivity index (χ0v) is 17.3. The van der Waals surface area contributed by atoms with Gasteiger partial charge in [-0.1, -0.05) is 54.1 Å². The fraction of sp³-hybridized carbons (Fsp3) is 0.304. The van der Waals surface area contributed by atoms with Crippen molar-refractivity contribution >= 4 is 34.8 Å². The highest BCUT2D eigenvalue weighted by molar-refractivity contribution is 6.32. The highest BCUT2D eigenvalue weighted by Crippen LogP contribution is 2.32. The molecule has 1 aliphatic rings. The standard InChI is InChI=1S/C23H24ClNO.ClH/c1-16(7-8-17-9-12-22(24)23(13-17)26-2)25-14-19-11-10-18-5-3-4-6-20(18)21(19)15-25;/h3-6,9-13,16H,7-8,14-15H2,1-2H3;1H/t16-;/m1./s1. The maximum absolute atomic E-state index is 6.13. The lowest BCUT2D eigenvalue weighted by atomic mass is 10.0. The zero-order chi connectivity index (χ0) is 18.1. The van der Waals surface area contributed by atoms with E-state index in [-0.39, 0.29) is 12.4 Å². The smallest absolute Gasteiger partial charge is 0.137 e. The fourth-order valence-corrected chi connectivity index (χ4v) is 4.12. The molecule has 27 heavy (non-hydrogen) atoms. The van der Waals surface area contributed by atoms with Crippen LogP contribution in [0, 0.1) is 0 Å². The van der Waals surface area contributed by atoms with Gasteiger partial charge in [0.25, 0.3) is 0 Å². The van der Waals surface area contributed by atoms with E-state index in [0.29, 0.717) is 11.1 Å². The summed E-state index contributed by atoms with van der Waals surface area (Å²) in [7, 11) is 1.67. The van der Waals surface area contributed by atoms with Crippen LogP contribution in [0.15, 0.2) is 54.6 Å². The molecular formula is C23H25Cl2NO. The van der Waals surface area contributed by atoms with Crippen LogP contribution in [0.3, 0.4) is 0 Å². The number of aryl methyl sites for hydroxylation is 1. The summed E-state index contributed by atoms with van der Waals surface area (Å²) in [5.74, 6) is 0.761.